The zero-order valence-electron chi connectivity index (χ0n) is 13.3. The number of benzene rings is 2. The van der Waals surface area contributed by atoms with Crippen molar-refractivity contribution < 1.29 is 13.2 Å². The van der Waals surface area contributed by atoms with E-state index in [9.17, 15) is 13.2 Å². The number of rotatable bonds is 3. The van der Waals surface area contributed by atoms with Crippen LogP contribution >= 0.6 is 11.6 Å². The van der Waals surface area contributed by atoms with Crippen molar-refractivity contribution >= 4 is 38.9 Å². The molecule has 1 amide bonds. The summed E-state index contributed by atoms with van der Waals surface area (Å²) in [5, 5.41) is 3.43. The predicted molar refractivity (Wildman–Crippen MR) is 96.5 cm³/mol. The number of nitrogens with one attached hydrogen (secondary N) is 1. The lowest BCUT2D eigenvalue weighted by molar-refractivity contribution is 0.102. The van der Waals surface area contributed by atoms with Gasteiger partial charge in [-0.2, -0.15) is 0 Å². The number of hydrogen-bond acceptors (Lipinski definition) is 3. The van der Waals surface area contributed by atoms with E-state index in [1.54, 1.807) is 36.4 Å². The van der Waals surface area contributed by atoms with E-state index in [0.29, 0.717) is 34.9 Å². The molecule has 0 unspecified atom stereocenters. The van der Waals surface area contributed by atoms with Crippen molar-refractivity contribution in [2.24, 2.45) is 0 Å². The molecule has 7 heteroatoms. The topological polar surface area (TPSA) is 66.5 Å². The Kier molecular flexibility index (Phi) is 4.27. The summed E-state index contributed by atoms with van der Waals surface area (Å²) in [7, 11) is -3.29. The van der Waals surface area contributed by atoms with E-state index in [4.69, 9.17) is 11.6 Å². The quantitative estimate of drug-likeness (QED) is 0.909. The van der Waals surface area contributed by atoms with Gasteiger partial charge in [0, 0.05) is 22.8 Å². The maximum atomic E-state index is 12.5. The third kappa shape index (κ3) is 3.12. The summed E-state index contributed by atoms with van der Waals surface area (Å²) in [5.41, 5.74) is 3.45. The first-order valence-corrected chi connectivity index (χ1v) is 9.67. The highest BCUT2D eigenvalue weighted by Crippen LogP contribution is 2.31. The van der Waals surface area contributed by atoms with E-state index in [0.717, 1.165) is 11.1 Å². The lowest BCUT2D eigenvalue weighted by atomic mass is 10.1. The van der Waals surface area contributed by atoms with E-state index >= 15 is 0 Å². The van der Waals surface area contributed by atoms with Crippen LogP contribution in [0.3, 0.4) is 0 Å². The number of fused-ring (bicyclic) bond motifs is 1. The second kappa shape index (κ2) is 6.11. The molecule has 0 fully saturated rings. The molecule has 24 heavy (non-hydrogen) atoms. The molecule has 126 valence electrons. The van der Waals surface area contributed by atoms with Gasteiger partial charge in [0.15, 0.2) is 0 Å². The number of carbonyl (C=O) groups is 1. The number of nitrogens with zero attached hydrogens (tertiary/aromatic N) is 1. The van der Waals surface area contributed by atoms with Gasteiger partial charge in [-0.05, 0) is 54.8 Å². The van der Waals surface area contributed by atoms with Gasteiger partial charge in [-0.3, -0.25) is 9.10 Å². The van der Waals surface area contributed by atoms with Gasteiger partial charge in [-0.1, -0.05) is 17.7 Å². The van der Waals surface area contributed by atoms with Gasteiger partial charge >= 0.3 is 0 Å². The molecule has 3 rings (SSSR count). The molecule has 1 heterocycles. The summed E-state index contributed by atoms with van der Waals surface area (Å²) >= 11 is 6.07. The average Bonchev–Trinajstić information content (AvgIpc) is 2.95. The minimum atomic E-state index is -3.29. The zero-order valence-corrected chi connectivity index (χ0v) is 14.9. The Hall–Kier alpha value is -2.05. The molecule has 1 aliphatic rings. The van der Waals surface area contributed by atoms with Gasteiger partial charge in [0.2, 0.25) is 10.0 Å². The van der Waals surface area contributed by atoms with Crippen LogP contribution in [-0.2, 0) is 16.4 Å². The van der Waals surface area contributed by atoms with Crippen LogP contribution in [0.2, 0.25) is 5.02 Å². The van der Waals surface area contributed by atoms with Crippen LogP contribution in [0, 0.1) is 6.92 Å². The molecule has 1 aliphatic heterocycles. The number of sulfonamides is 1. The first-order valence-electron chi connectivity index (χ1n) is 7.44. The normalized spacial score (nSPS) is 13.7. The standard InChI is InChI=1S/C17H17ClN2O3S/c1-11-14(18)4-3-5-15(11)19-17(21)13-6-7-16-12(10-13)8-9-20(16)24(2,22)23/h3-7,10H,8-9H2,1-2H3,(H,19,21). The van der Waals surface area contributed by atoms with Gasteiger partial charge in [-0.15, -0.1) is 0 Å². The number of carbonyl (C=O) groups excluding carboxylic acids is 1. The first-order chi connectivity index (χ1) is 11.3. The first kappa shape index (κ1) is 16.8. The van der Waals surface area contributed by atoms with E-state index in [-0.39, 0.29) is 5.91 Å². The Bertz CT molecular complexity index is 925. The van der Waals surface area contributed by atoms with Crippen LogP contribution in [0.25, 0.3) is 0 Å². The molecular weight excluding hydrogens is 348 g/mol. The third-order valence-electron chi connectivity index (χ3n) is 4.11. The highest BCUT2D eigenvalue weighted by molar-refractivity contribution is 7.92. The van der Waals surface area contributed by atoms with Gasteiger partial charge in [0.05, 0.1) is 11.9 Å². The van der Waals surface area contributed by atoms with Crippen LogP contribution < -0.4 is 9.62 Å². The van der Waals surface area contributed by atoms with E-state index in [1.165, 1.54) is 10.6 Å². The van der Waals surface area contributed by atoms with Gasteiger partial charge in [-0.25, -0.2) is 8.42 Å². The fraction of sp³-hybridized carbons (Fsp3) is 0.235. The van der Waals surface area contributed by atoms with Crippen molar-refractivity contribution in [3.05, 3.63) is 58.1 Å². The van der Waals surface area contributed by atoms with Crippen LogP contribution in [0.4, 0.5) is 11.4 Å². The summed E-state index contributed by atoms with van der Waals surface area (Å²) in [6, 6.07) is 10.4. The molecular formula is C17H17ClN2O3S. The average molecular weight is 365 g/mol. The number of halogens is 1. The molecule has 0 bridgehead atoms. The Morgan fingerprint density at radius 2 is 2.00 bits per heavy atom. The second-order valence-corrected chi connectivity index (χ2v) is 8.11. The largest absolute Gasteiger partial charge is 0.322 e. The van der Waals surface area contributed by atoms with Crippen LogP contribution in [0.15, 0.2) is 36.4 Å². The molecule has 2 aromatic rings. The van der Waals surface area contributed by atoms with Crippen LogP contribution in [-0.4, -0.2) is 27.1 Å². The van der Waals surface area contributed by atoms with Crippen molar-refractivity contribution in [2.75, 3.05) is 22.4 Å². The monoisotopic (exact) mass is 364 g/mol. The minimum Gasteiger partial charge on any atom is -0.322 e. The highest BCUT2D eigenvalue weighted by Gasteiger charge is 2.26. The Morgan fingerprint density at radius 3 is 2.71 bits per heavy atom. The molecule has 0 spiro atoms. The van der Waals surface area contributed by atoms with E-state index < -0.39 is 10.0 Å². The number of anilines is 2. The van der Waals surface area contributed by atoms with Crippen LogP contribution in [0.1, 0.15) is 21.5 Å². The molecule has 0 saturated heterocycles. The molecule has 0 saturated carbocycles. The summed E-state index contributed by atoms with van der Waals surface area (Å²) in [5.74, 6) is -0.249. The van der Waals surface area contributed by atoms with Crippen molar-refractivity contribution in [1.29, 1.82) is 0 Å². The molecule has 0 aliphatic carbocycles. The summed E-state index contributed by atoms with van der Waals surface area (Å²) in [6.07, 6.45) is 1.78. The summed E-state index contributed by atoms with van der Waals surface area (Å²) < 4.78 is 24.9. The molecule has 1 N–H and O–H groups in total. The maximum Gasteiger partial charge on any atom is 0.255 e. The Labute approximate surface area is 146 Å². The lowest BCUT2D eigenvalue weighted by Crippen LogP contribution is -2.27. The molecule has 5 nitrogen and oxygen atoms in total. The van der Waals surface area contributed by atoms with Crippen molar-refractivity contribution in [1.82, 2.24) is 0 Å². The minimum absolute atomic E-state index is 0.249. The van der Waals surface area contributed by atoms with Gasteiger partial charge < -0.3 is 5.32 Å². The highest BCUT2D eigenvalue weighted by atomic mass is 35.5. The molecule has 0 radical (unpaired) electrons. The lowest BCUT2D eigenvalue weighted by Gasteiger charge is -2.16. The SMILES string of the molecule is Cc1c(Cl)cccc1NC(=O)c1ccc2c(c1)CCN2S(C)(=O)=O. The smallest absolute Gasteiger partial charge is 0.255 e. The zero-order chi connectivity index (χ0) is 17.5. The Morgan fingerprint density at radius 1 is 1.25 bits per heavy atom. The van der Waals surface area contributed by atoms with Gasteiger partial charge in [0.25, 0.3) is 5.91 Å². The third-order valence-corrected chi connectivity index (χ3v) is 5.70. The van der Waals surface area contributed by atoms with Crippen molar-refractivity contribution in [2.45, 2.75) is 13.3 Å². The molecule has 2 aromatic carbocycles. The maximum absolute atomic E-state index is 12.5. The Balaban J connectivity index is 1.87. The van der Waals surface area contributed by atoms with Crippen LogP contribution in [0.5, 0.6) is 0 Å². The molecule has 0 atom stereocenters. The number of amides is 1. The summed E-state index contributed by atoms with van der Waals surface area (Å²) in [6.45, 7) is 2.25. The van der Waals surface area contributed by atoms with Crippen molar-refractivity contribution in [3.63, 3.8) is 0 Å². The summed E-state index contributed by atoms with van der Waals surface area (Å²) in [4.78, 5) is 12.5. The van der Waals surface area contributed by atoms with Crippen molar-refractivity contribution in [3.8, 4) is 0 Å². The fourth-order valence-corrected chi connectivity index (χ4v) is 3.93. The predicted octanol–water partition coefficient (Wildman–Crippen LogP) is 3.22. The second-order valence-electron chi connectivity index (χ2n) is 5.80. The number of hydrogen-bond donors (Lipinski definition) is 1. The molecule has 0 aromatic heterocycles. The van der Waals surface area contributed by atoms with E-state index in [1.807, 2.05) is 6.92 Å². The van der Waals surface area contributed by atoms with E-state index in [2.05, 4.69) is 5.32 Å². The fourth-order valence-electron chi connectivity index (χ4n) is 2.79. The van der Waals surface area contributed by atoms with Gasteiger partial charge in [0.1, 0.15) is 0 Å².